The minimum atomic E-state index is -0.853. The van der Waals surface area contributed by atoms with E-state index in [1.54, 1.807) is 0 Å². The highest BCUT2D eigenvalue weighted by Gasteiger charge is 2.39. The summed E-state index contributed by atoms with van der Waals surface area (Å²) in [6.45, 7) is 0. The van der Waals surface area contributed by atoms with Crippen LogP contribution in [0.1, 0.15) is 44.9 Å². The van der Waals surface area contributed by atoms with Crippen molar-refractivity contribution >= 4 is 17.5 Å². The molecular formula is C14H20O4. The fourth-order valence-electron chi connectivity index (χ4n) is 2.52. The smallest absolute Gasteiger partial charge is 0.316 e. The third kappa shape index (κ3) is 2.62. The second-order valence-corrected chi connectivity index (χ2v) is 5.40. The molecule has 2 rings (SSSR count). The van der Waals surface area contributed by atoms with E-state index in [0.29, 0.717) is 0 Å². The predicted octanol–water partition coefficient (Wildman–Crippen LogP) is 1.90. The average molecular weight is 252 g/mol. The summed E-state index contributed by atoms with van der Waals surface area (Å²) < 4.78 is 4.67. The van der Waals surface area contributed by atoms with Gasteiger partial charge < -0.3 is 4.74 Å². The standard InChI is InChI=1S/C14H20O4/c1-18-14(17)11(13(16)10-6-3-7-10)8-12(15)9-4-2-5-9/h9-11H,2-8H2,1H3. The highest BCUT2D eigenvalue weighted by Crippen LogP contribution is 2.33. The van der Waals surface area contributed by atoms with Gasteiger partial charge in [0.05, 0.1) is 7.11 Å². The second kappa shape index (κ2) is 5.63. The van der Waals surface area contributed by atoms with Crippen LogP contribution < -0.4 is 0 Å². The quantitative estimate of drug-likeness (QED) is 0.535. The summed E-state index contributed by atoms with van der Waals surface area (Å²) in [4.78, 5) is 35.7. The van der Waals surface area contributed by atoms with Crippen LogP contribution in [0.25, 0.3) is 0 Å². The van der Waals surface area contributed by atoms with Gasteiger partial charge in [-0.1, -0.05) is 12.8 Å². The summed E-state index contributed by atoms with van der Waals surface area (Å²) in [5.74, 6) is -1.37. The first-order valence-electron chi connectivity index (χ1n) is 6.77. The largest absolute Gasteiger partial charge is 0.468 e. The minimum absolute atomic E-state index is 0.0247. The zero-order valence-electron chi connectivity index (χ0n) is 10.8. The predicted molar refractivity (Wildman–Crippen MR) is 64.8 cm³/mol. The van der Waals surface area contributed by atoms with Crippen LogP contribution in [0.5, 0.6) is 0 Å². The third-order valence-electron chi connectivity index (χ3n) is 4.30. The van der Waals surface area contributed by atoms with E-state index >= 15 is 0 Å². The highest BCUT2D eigenvalue weighted by molar-refractivity contribution is 6.04. The molecule has 0 radical (unpaired) electrons. The van der Waals surface area contributed by atoms with Crippen LogP contribution in [0.3, 0.4) is 0 Å². The molecule has 4 nitrogen and oxygen atoms in total. The Morgan fingerprint density at radius 2 is 1.61 bits per heavy atom. The number of Topliss-reactive ketones (excluding diaryl/α,β-unsaturated/α-hetero) is 2. The van der Waals surface area contributed by atoms with Gasteiger partial charge in [0, 0.05) is 18.3 Å². The molecule has 2 aliphatic carbocycles. The Kier molecular flexibility index (Phi) is 4.15. The number of carbonyl (C=O) groups is 3. The maximum atomic E-state index is 12.1. The van der Waals surface area contributed by atoms with Gasteiger partial charge in [0.1, 0.15) is 11.7 Å². The molecule has 0 heterocycles. The van der Waals surface area contributed by atoms with E-state index in [2.05, 4.69) is 4.74 Å². The minimum Gasteiger partial charge on any atom is -0.468 e. The third-order valence-corrected chi connectivity index (χ3v) is 4.30. The molecule has 0 aromatic carbocycles. The molecule has 0 aromatic heterocycles. The van der Waals surface area contributed by atoms with E-state index in [-0.39, 0.29) is 29.8 Å². The van der Waals surface area contributed by atoms with Gasteiger partial charge in [-0.15, -0.1) is 0 Å². The Balaban J connectivity index is 1.97. The molecule has 100 valence electrons. The van der Waals surface area contributed by atoms with Crippen molar-refractivity contribution in [2.24, 2.45) is 17.8 Å². The molecule has 18 heavy (non-hydrogen) atoms. The molecule has 0 aliphatic heterocycles. The van der Waals surface area contributed by atoms with E-state index in [4.69, 9.17) is 0 Å². The number of carbonyl (C=O) groups excluding carboxylic acids is 3. The van der Waals surface area contributed by atoms with Crippen LogP contribution in [-0.4, -0.2) is 24.6 Å². The van der Waals surface area contributed by atoms with Crippen LogP contribution in [0, 0.1) is 17.8 Å². The summed E-state index contributed by atoms with van der Waals surface area (Å²) in [5.41, 5.74) is 0. The van der Waals surface area contributed by atoms with Crippen molar-refractivity contribution in [3.05, 3.63) is 0 Å². The van der Waals surface area contributed by atoms with Crippen LogP contribution in [0.4, 0.5) is 0 Å². The molecule has 4 heteroatoms. The van der Waals surface area contributed by atoms with E-state index < -0.39 is 11.9 Å². The van der Waals surface area contributed by atoms with Gasteiger partial charge in [-0.2, -0.15) is 0 Å². The maximum Gasteiger partial charge on any atom is 0.316 e. The van der Waals surface area contributed by atoms with Crippen molar-refractivity contribution < 1.29 is 19.1 Å². The Labute approximate surface area is 107 Å². The molecular weight excluding hydrogens is 232 g/mol. The molecule has 0 saturated heterocycles. The second-order valence-electron chi connectivity index (χ2n) is 5.40. The summed E-state index contributed by atoms with van der Waals surface area (Å²) in [5, 5.41) is 0. The molecule has 1 atom stereocenters. The fourth-order valence-corrected chi connectivity index (χ4v) is 2.52. The van der Waals surface area contributed by atoms with Crippen LogP contribution in [0.15, 0.2) is 0 Å². The van der Waals surface area contributed by atoms with Crippen molar-refractivity contribution in [3.63, 3.8) is 0 Å². The van der Waals surface area contributed by atoms with Crippen molar-refractivity contribution in [1.29, 1.82) is 0 Å². The lowest BCUT2D eigenvalue weighted by molar-refractivity contribution is -0.153. The van der Waals surface area contributed by atoms with Gasteiger partial charge in [-0.05, 0) is 25.7 Å². The molecule has 2 saturated carbocycles. The molecule has 0 spiro atoms. The first-order valence-corrected chi connectivity index (χ1v) is 6.77. The number of ether oxygens (including phenoxy) is 1. The van der Waals surface area contributed by atoms with Gasteiger partial charge in [-0.25, -0.2) is 0 Å². The Morgan fingerprint density at radius 3 is 2.00 bits per heavy atom. The molecule has 0 N–H and O–H groups in total. The summed E-state index contributed by atoms with van der Waals surface area (Å²) in [7, 11) is 1.28. The molecule has 0 amide bonds. The molecule has 2 fully saturated rings. The Morgan fingerprint density at radius 1 is 1.06 bits per heavy atom. The Bertz CT molecular complexity index is 353. The topological polar surface area (TPSA) is 60.4 Å². The number of hydrogen-bond acceptors (Lipinski definition) is 4. The molecule has 1 unspecified atom stereocenters. The van der Waals surface area contributed by atoms with E-state index in [1.165, 1.54) is 7.11 Å². The highest BCUT2D eigenvalue weighted by atomic mass is 16.5. The SMILES string of the molecule is COC(=O)C(CC(=O)C1CCC1)C(=O)C1CCC1. The van der Waals surface area contributed by atoms with Crippen LogP contribution in [-0.2, 0) is 19.1 Å². The van der Waals surface area contributed by atoms with Gasteiger partial charge in [0.2, 0.25) is 0 Å². The fraction of sp³-hybridized carbons (Fsp3) is 0.786. The van der Waals surface area contributed by atoms with Crippen LogP contribution in [0.2, 0.25) is 0 Å². The number of rotatable bonds is 6. The maximum absolute atomic E-state index is 12.1. The zero-order valence-corrected chi connectivity index (χ0v) is 10.8. The van der Waals surface area contributed by atoms with Gasteiger partial charge >= 0.3 is 5.97 Å². The monoisotopic (exact) mass is 252 g/mol. The van der Waals surface area contributed by atoms with Gasteiger partial charge in [0.25, 0.3) is 0 Å². The van der Waals surface area contributed by atoms with E-state index in [9.17, 15) is 14.4 Å². The van der Waals surface area contributed by atoms with Gasteiger partial charge in [0.15, 0.2) is 5.78 Å². The first kappa shape index (κ1) is 13.2. The van der Waals surface area contributed by atoms with Crippen LogP contribution >= 0.6 is 0 Å². The number of esters is 1. The first-order chi connectivity index (χ1) is 8.63. The van der Waals surface area contributed by atoms with E-state index in [0.717, 1.165) is 38.5 Å². The number of hydrogen-bond donors (Lipinski definition) is 0. The van der Waals surface area contributed by atoms with Crippen molar-refractivity contribution in [2.75, 3.05) is 7.11 Å². The normalized spacial score (nSPS) is 21.6. The molecule has 2 aliphatic rings. The average Bonchev–Trinajstić information content (AvgIpc) is 2.19. The number of ketones is 2. The van der Waals surface area contributed by atoms with E-state index in [1.807, 2.05) is 0 Å². The molecule has 0 bridgehead atoms. The summed E-state index contributed by atoms with van der Waals surface area (Å²) >= 11 is 0. The molecule has 0 aromatic rings. The zero-order chi connectivity index (χ0) is 13.1. The van der Waals surface area contributed by atoms with Gasteiger partial charge in [-0.3, -0.25) is 14.4 Å². The lowest BCUT2D eigenvalue weighted by atomic mass is 9.74. The van der Waals surface area contributed by atoms with Crippen molar-refractivity contribution in [3.8, 4) is 0 Å². The number of methoxy groups -OCH3 is 1. The summed E-state index contributed by atoms with van der Waals surface area (Å²) in [6.07, 6.45) is 5.69. The lowest BCUT2D eigenvalue weighted by Crippen LogP contribution is -2.37. The Hall–Kier alpha value is -1.19. The lowest BCUT2D eigenvalue weighted by Gasteiger charge is -2.29. The summed E-state index contributed by atoms with van der Waals surface area (Å²) in [6, 6.07) is 0. The van der Waals surface area contributed by atoms with Crippen molar-refractivity contribution in [2.45, 2.75) is 44.9 Å². The van der Waals surface area contributed by atoms with Crippen molar-refractivity contribution in [1.82, 2.24) is 0 Å².